The molecule has 2 N–H and O–H groups in total. The van der Waals surface area contributed by atoms with Crippen molar-refractivity contribution in [2.45, 2.75) is 19.9 Å². The van der Waals surface area contributed by atoms with Crippen molar-refractivity contribution in [3.8, 4) is 0 Å². The van der Waals surface area contributed by atoms with Crippen LogP contribution in [-0.4, -0.2) is 30.8 Å². The molecule has 7 nitrogen and oxygen atoms in total. The van der Waals surface area contributed by atoms with Gasteiger partial charge in [0.2, 0.25) is 0 Å². The van der Waals surface area contributed by atoms with Crippen molar-refractivity contribution in [1.82, 2.24) is 19.7 Å². The van der Waals surface area contributed by atoms with E-state index in [1.54, 1.807) is 29.0 Å². The lowest BCUT2D eigenvalue weighted by Gasteiger charge is -2.06. The van der Waals surface area contributed by atoms with Crippen LogP contribution < -0.4 is 5.56 Å². The van der Waals surface area contributed by atoms with E-state index in [2.05, 4.69) is 15.1 Å². The Morgan fingerprint density at radius 3 is 2.58 bits per heavy atom. The number of hydrogen-bond donors (Lipinski definition) is 2. The topological polar surface area (TPSA) is 101 Å². The third-order valence-electron chi connectivity index (χ3n) is 3.56. The zero-order chi connectivity index (χ0) is 17.3. The molecular weight excluding hydrogens is 308 g/mol. The van der Waals surface area contributed by atoms with Gasteiger partial charge in [0.25, 0.3) is 5.56 Å². The number of aromatic carboxylic acids is 1. The molecule has 122 valence electrons. The number of nitrogens with zero attached hydrogens (tertiary/aromatic N) is 3. The van der Waals surface area contributed by atoms with E-state index in [-0.39, 0.29) is 17.2 Å². The lowest BCUT2D eigenvalue weighted by molar-refractivity contribution is 0.0697. The van der Waals surface area contributed by atoms with E-state index in [1.807, 2.05) is 13.8 Å². The number of carbonyl (C=O) groups is 1. The highest BCUT2D eigenvalue weighted by Gasteiger charge is 2.11. The van der Waals surface area contributed by atoms with Crippen molar-refractivity contribution in [3.05, 3.63) is 57.8 Å². The van der Waals surface area contributed by atoms with Gasteiger partial charge in [-0.2, -0.15) is 5.10 Å². The smallest absolute Gasteiger partial charge is 0.335 e. The highest BCUT2D eigenvalue weighted by Crippen LogP contribution is 2.13. The molecule has 2 aromatic heterocycles. The van der Waals surface area contributed by atoms with Gasteiger partial charge in [0.15, 0.2) is 5.65 Å². The molecular formula is C17H16N4O3. The predicted octanol–water partition coefficient (Wildman–Crippen LogP) is 2.57. The number of benzene rings is 1. The maximum atomic E-state index is 12.1. The molecule has 0 bridgehead atoms. The van der Waals surface area contributed by atoms with Crippen LogP contribution in [-0.2, 0) is 0 Å². The van der Waals surface area contributed by atoms with Crippen LogP contribution in [0.15, 0.2) is 35.3 Å². The van der Waals surface area contributed by atoms with E-state index < -0.39 is 5.97 Å². The number of hydrogen-bond acceptors (Lipinski definition) is 4. The fraction of sp³-hybridized carbons (Fsp3) is 0.176. The maximum absolute atomic E-state index is 12.1. The van der Waals surface area contributed by atoms with Crippen LogP contribution >= 0.6 is 0 Å². The third kappa shape index (κ3) is 2.96. The van der Waals surface area contributed by atoms with Crippen molar-refractivity contribution in [1.29, 1.82) is 0 Å². The fourth-order valence-corrected chi connectivity index (χ4v) is 2.32. The molecule has 2 heterocycles. The summed E-state index contributed by atoms with van der Waals surface area (Å²) in [4.78, 5) is 30.1. The van der Waals surface area contributed by atoms with E-state index in [9.17, 15) is 9.59 Å². The first kappa shape index (κ1) is 15.7. The Morgan fingerprint density at radius 2 is 1.96 bits per heavy atom. The molecule has 0 aliphatic carbocycles. The summed E-state index contributed by atoms with van der Waals surface area (Å²) >= 11 is 0. The van der Waals surface area contributed by atoms with Crippen molar-refractivity contribution in [3.63, 3.8) is 0 Å². The number of aromatic amines is 1. The van der Waals surface area contributed by atoms with Crippen LogP contribution in [0.5, 0.6) is 0 Å². The molecule has 3 aromatic rings. The molecule has 0 unspecified atom stereocenters. The van der Waals surface area contributed by atoms with E-state index in [0.29, 0.717) is 16.9 Å². The third-order valence-corrected chi connectivity index (χ3v) is 3.56. The quantitative estimate of drug-likeness (QED) is 0.768. The highest BCUT2D eigenvalue weighted by molar-refractivity contribution is 5.88. The van der Waals surface area contributed by atoms with Crippen LogP contribution in [0.2, 0.25) is 0 Å². The largest absolute Gasteiger partial charge is 0.478 e. The van der Waals surface area contributed by atoms with Gasteiger partial charge >= 0.3 is 5.97 Å². The van der Waals surface area contributed by atoms with E-state index in [0.717, 1.165) is 5.56 Å². The Labute approximate surface area is 137 Å². The summed E-state index contributed by atoms with van der Waals surface area (Å²) in [6.45, 7) is 3.93. The molecule has 0 atom stereocenters. The van der Waals surface area contributed by atoms with Gasteiger partial charge in [0.1, 0.15) is 11.2 Å². The zero-order valence-corrected chi connectivity index (χ0v) is 13.2. The van der Waals surface area contributed by atoms with Gasteiger partial charge in [-0.25, -0.2) is 14.5 Å². The molecule has 7 heteroatoms. The van der Waals surface area contributed by atoms with Gasteiger partial charge in [0.05, 0.1) is 11.8 Å². The van der Waals surface area contributed by atoms with Gasteiger partial charge in [-0.15, -0.1) is 0 Å². The Bertz CT molecular complexity index is 981. The minimum Gasteiger partial charge on any atom is -0.478 e. The number of nitrogens with one attached hydrogen (secondary N) is 1. The van der Waals surface area contributed by atoms with Gasteiger partial charge in [0, 0.05) is 6.04 Å². The first-order valence-corrected chi connectivity index (χ1v) is 7.44. The van der Waals surface area contributed by atoms with Crippen molar-refractivity contribution < 1.29 is 9.90 Å². The number of carboxylic acid groups (broad SMARTS) is 1. The first-order chi connectivity index (χ1) is 11.5. The van der Waals surface area contributed by atoms with Gasteiger partial charge in [-0.3, -0.25) is 4.79 Å². The molecule has 0 saturated carbocycles. The number of rotatable bonds is 4. The van der Waals surface area contributed by atoms with Crippen molar-refractivity contribution in [2.75, 3.05) is 0 Å². The molecule has 0 spiro atoms. The minimum absolute atomic E-state index is 0.0946. The van der Waals surface area contributed by atoms with Crippen molar-refractivity contribution >= 4 is 29.2 Å². The molecule has 0 saturated heterocycles. The highest BCUT2D eigenvalue weighted by atomic mass is 16.4. The van der Waals surface area contributed by atoms with E-state index in [1.165, 1.54) is 18.3 Å². The van der Waals surface area contributed by atoms with Crippen LogP contribution in [0, 0.1) is 0 Å². The Kier molecular flexibility index (Phi) is 3.99. The predicted molar refractivity (Wildman–Crippen MR) is 90.9 cm³/mol. The van der Waals surface area contributed by atoms with E-state index >= 15 is 0 Å². The molecule has 3 rings (SSSR count). The van der Waals surface area contributed by atoms with Crippen molar-refractivity contribution in [2.24, 2.45) is 0 Å². The van der Waals surface area contributed by atoms with Crippen LogP contribution in [0.25, 0.3) is 23.2 Å². The standard InChI is InChI=1S/C17H16N4O3/c1-10(2)21-15-13(9-18-21)16(22)20-14(19-15)8-5-11-3-6-12(7-4-11)17(23)24/h3-10H,1-2H3,(H,23,24)(H,19,20,22). The molecule has 0 aliphatic heterocycles. The van der Waals surface area contributed by atoms with Gasteiger partial charge < -0.3 is 10.1 Å². The second kappa shape index (κ2) is 6.11. The maximum Gasteiger partial charge on any atom is 0.335 e. The van der Waals surface area contributed by atoms with Gasteiger partial charge in [-0.05, 0) is 37.6 Å². The summed E-state index contributed by atoms with van der Waals surface area (Å²) in [5.74, 6) is -0.555. The summed E-state index contributed by atoms with van der Waals surface area (Å²) in [5, 5.41) is 13.5. The van der Waals surface area contributed by atoms with Crippen LogP contribution in [0.4, 0.5) is 0 Å². The molecule has 24 heavy (non-hydrogen) atoms. The average molecular weight is 324 g/mol. The Balaban J connectivity index is 1.96. The summed E-state index contributed by atoms with van der Waals surface area (Å²) in [6, 6.07) is 6.52. The lowest BCUT2D eigenvalue weighted by Crippen LogP contribution is -2.11. The minimum atomic E-state index is -0.969. The summed E-state index contributed by atoms with van der Waals surface area (Å²) in [7, 11) is 0. The van der Waals surface area contributed by atoms with E-state index in [4.69, 9.17) is 5.11 Å². The zero-order valence-electron chi connectivity index (χ0n) is 13.2. The summed E-state index contributed by atoms with van der Waals surface area (Å²) in [6.07, 6.45) is 4.94. The number of aromatic nitrogens is 4. The van der Waals surface area contributed by atoms with Gasteiger partial charge in [-0.1, -0.05) is 18.2 Å². The molecule has 0 radical (unpaired) electrons. The number of carboxylic acids is 1. The molecule has 1 aromatic carbocycles. The number of H-pyrrole nitrogens is 1. The second-order valence-corrected chi connectivity index (χ2v) is 5.63. The molecule has 0 fully saturated rings. The first-order valence-electron chi connectivity index (χ1n) is 7.44. The summed E-state index contributed by atoms with van der Waals surface area (Å²) in [5.41, 5.74) is 1.32. The van der Waals surface area contributed by atoms with Crippen LogP contribution in [0.3, 0.4) is 0 Å². The molecule has 0 aliphatic rings. The monoisotopic (exact) mass is 324 g/mol. The Hall–Kier alpha value is -3.22. The normalized spacial score (nSPS) is 11.6. The second-order valence-electron chi connectivity index (χ2n) is 5.63. The Morgan fingerprint density at radius 1 is 1.25 bits per heavy atom. The molecule has 0 amide bonds. The lowest BCUT2D eigenvalue weighted by atomic mass is 10.1. The SMILES string of the molecule is CC(C)n1ncc2c(=O)[nH]c(C=Cc3ccc(C(=O)O)cc3)nc21. The summed E-state index contributed by atoms with van der Waals surface area (Å²) < 4.78 is 1.70. The fourth-order valence-electron chi connectivity index (χ4n) is 2.32. The van der Waals surface area contributed by atoms with Crippen LogP contribution in [0.1, 0.15) is 41.6 Å². The average Bonchev–Trinajstić information content (AvgIpc) is 2.98. The number of fused-ring (bicyclic) bond motifs is 1.